The molecular formula is C17H25N3O2S2. The quantitative estimate of drug-likeness (QED) is 0.768. The van der Waals surface area contributed by atoms with Crippen molar-refractivity contribution in [2.75, 3.05) is 25.0 Å². The van der Waals surface area contributed by atoms with Gasteiger partial charge in [-0.3, -0.25) is 0 Å². The van der Waals surface area contributed by atoms with Gasteiger partial charge in [-0.05, 0) is 18.1 Å². The maximum Gasteiger partial charge on any atom is 0.243 e. The fourth-order valence-electron chi connectivity index (χ4n) is 2.29. The Bertz CT molecular complexity index is 748. The smallest absolute Gasteiger partial charge is 0.243 e. The maximum atomic E-state index is 12.5. The van der Waals surface area contributed by atoms with Crippen LogP contribution in [0, 0.1) is 5.92 Å². The van der Waals surface area contributed by atoms with Crippen LogP contribution in [0.1, 0.15) is 27.7 Å². The van der Waals surface area contributed by atoms with Crippen molar-refractivity contribution in [3.63, 3.8) is 0 Å². The van der Waals surface area contributed by atoms with Gasteiger partial charge in [0.05, 0.1) is 10.6 Å². The SMILES string of the molecule is CCN(CC)S(=O)(=O)c1ccc(-c2csc(NCC(C)C)n2)cc1. The van der Waals surface area contributed by atoms with Crippen molar-refractivity contribution in [3.05, 3.63) is 29.6 Å². The first-order valence-electron chi connectivity index (χ1n) is 8.18. The second kappa shape index (κ2) is 8.09. The van der Waals surface area contributed by atoms with Gasteiger partial charge in [-0.2, -0.15) is 4.31 Å². The van der Waals surface area contributed by atoms with Crippen molar-refractivity contribution >= 4 is 26.5 Å². The maximum absolute atomic E-state index is 12.5. The molecule has 1 heterocycles. The van der Waals surface area contributed by atoms with Crippen LogP contribution in [0.3, 0.4) is 0 Å². The van der Waals surface area contributed by atoms with E-state index in [1.807, 2.05) is 31.4 Å². The lowest BCUT2D eigenvalue weighted by atomic mass is 10.2. The molecular weight excluding hydrogens is 342 g/mol. The summed E-state index contributed by atoms with van der Waals surface area (Å²) in [5.74, 6) is 0.557. The zero-order valence-corrected chi connectivity index (χ0v) is 16.2. The Kier molecular flexibility index (Phi) is 6.37. The normalized spacial score (nSPS) is 12.1. The standard InChI is InChI=1S/C17H25N3O2S2/c1-5-20(6-2)24(21,22)15-9-7-14(8-10-15)16-12-23-17(19-16)18-11-13(3)4/h7-10,12-13H,5-6,11H2,1-4H3,(H,18,19). The van der Waals surface area contributed by atoms with Crippen LogP contribution in [0.5, 0.6) is 0 Å². The summed E-state index contributed by atoms with van der Waals surface area (Å²) in [6.07, 6.45) is 0. The van der Waals surface area contributed by atoms with Crippen molar-refractivity contribution < 1.29 is 8.42 Å². The monoisotopic (exact) mass is 367 g/mol. The molecule has 0 unspecified atom stereocenters. The summed E-state index contributed by atoms with van der Waals surface area (Å²) in [6, 6.07) is 6.95. The van der Waals surface area contributed by atoms with Crippen LogP contribution in [0.15, 0.2) is 34.5 Å². The van der Waals surface area contributed by atoms with Gasteiger partial charge in [0.1, 0.15) is 0 Å². The summed E-state index contributed by atoms with van der Waals surface area (Å²) in [5.41, 5.74) is 1.78. The highest BCUT2D eigenvalue weighted by atomic mass is 32.2. The summed E-state index contributed by atoms with van der Waals surface area (Å²) in [7, 11) is -3.41. The summed E-state index contributed by atoms with van der Waals surface area (Å²) in [5, 5.41) is 6.18. The molecule has 0 saturated carbocycles. The minimum Gasteiger partial charge on any atom is -0.361 e. The minimum absolute atomic E-state index is 0.323. The van der Waals surface area contributed by atoms with E-state index in [0.29, 0.717) is 23.9 Å². The first-order chi connectivity index (χ1) is 11.4. The van der Waals surface area contributed by atoms with Crippen LogP contribution >= 0.6 is 11.3 Å². The molecule has 0 fully saturated rings. The molecule has 5 nitrogen and oxygen atoms in total. The molecule has 0 aliphatic heterocycles. The van der Waals surface area contributed by atoms with Gasteiger partial charge in [0, 0.05) is 30.6 Å². The van der Waals surface area contributed by atoms with Crippen LogP contribution in [0.4, 0.5) is 5.13 Å². The fraction of sp³-hybridized carbons (Fsp3) is 0.471. The predicted octanol–water partition coefficient (Wildman–Crippen LogP) is 3.91. The van der Waals surface area contributed by atoms with E-state index in [9.17, 15) is 8.42 Å². The Morgan fingerprint density at radius 2 is 1.79 bits per heavy atom. The lowest BCUT2D eigenvalue weighted by molar-refractivity contribution is 0.445. The summed E-state index contributed by atoms with van der Waals surface area (Å²) in [6.45, 7) is 9.81. The third-order valence-corrected chi connectivity index (χ3v) is 6.52. The number of sulfonamides is 1. The molecule has 0 saturated heterocycles. The average Bonchev–Trinajstić information content (AvgIpc) is 3.03. The average molecular weight is 368 g/mol. The fourth-order valence-corrected chi connectivity index (χ4v) is 4.48. The first kappa shape index (κ1) is 18.9. The Hall–Kier alpha value is -1.44. The third kappa shape index (κ3) is 4.34. The number of benzene rings is 1. The van der Waals surface area contributed by atoms with Gasteiger partial charge in [0.15, 0.2) is 5.13 Å². The first-order valence-corrected chi connectivity index (χ1v) is 10.5. The highest BCUT2D eigenvalue weighted by molar-refractivity contribution is 7.89. The predicted molar refractivity (Wildman–Crippen MR) is 101 cm³/mol. The Balaban J connectivity index is 2.18. The Morgan fingerprint density at radius 3 is 2.33 bits per heavy atom. The minimum atomic E-state index is -3.41. The van der Waals surface area contributed by atoms with Crippen molar-refractivity contribution in [1.82, 2.24) is 9.29 Å². The number of anilines is 1. The summed E-state index contributed by atoms with van der Waals surface area (Å²) >= 11 is 1.56. The number of thiazole rings is 1. The van der Waals surface area contributed by atoms with Gasteiger partial charge in [-0.15, -0.1) is 11.3 Å². The number of nitrogens with zero attached hydrogens (tertiary/aromatic N) is 2. The molecule has 2 rings (SSSR count). The van der Waals surface area contributed by atoms with E-state index in [4.69, 9.17) is 0 Å². The molecule has 0 amide bonds. The molecule has 0 radical (unpaired) electrons. The molecule has 0 atom stereocenters. The molecule has 132 valence electrons. The van der Waals surface area contributed by atoms with Gasteiger partial charge in [-0.1, -0.05) is 39.8 Å². The zero-order chi connectivity index (χ0) is 17.7. The van der Waals surface area contributed by atoms with Crippen LogP contribution < -0.4 is 5.32 Å². The van der Waals surface area contributed by atoms with E-state index >= 15 is 0 Å². The van der Waals surface area contributed by atoms with Crippen LogP contribution in [-0.2, 0) is 10.0 Å². The highest BCUT2D eigenvalue weighted by Crippen LogP contribution is 2.26. The van der Waals surface area contributed by atoms with E-state index in [0.717, 1.165) is 22.9 Å². The second-order valence-electron chi connectivity index (χ2n) is 5.93. The van der Waals surface area contributed by atoms with Crippen LogP contribution in [0.25, 0.3) is 11.3 Å². The molecule has 1 N–H and O–H groups in total. The van der Waals surface area contributed by atoms with Gasteiger partial charge < -0.3 is 5.32 Å². The summed E-state index contributed by atoms with van der Waals surface area (Å²) < 4.78 is 26.5. The largest absolute Gasteiger partial charge is 0.361 e. The molecule has 7 heteroatoms. The van der Waals surface area contributed by atoms with Gasteiger partial charge in [0.25, 0.3) is 0 Å². The number of nitrogens with one attached hydrogen (secondary N) is 1. The van der Waals surface area contributed by atoms with Gasteiger partial charge in [0.2, 0.25) is 10.0 Å². The van der Waals surface area contributed by atoms with E-state index in [-0.39, 0.29) is 0 Å². The van der Waals surface area contributed by atoms with Crippen LogP contribution in [0.2, 0.25) is 0 Å². The van der Waals surface area contributed by atoms with E-state index in [1.54, 1.807) is 23.5 Å². The van der Waals surface area contributed by atoms with Crippen molar-refractivity contribution in [2.24, 2.45) is 5.92 Å². The number of rotatable bonds is 8. The molecule has 1 aromatic carbocycles. The Labute approximate surface area is 148 Å². The number of aromatic nitrogens is 1. The number of hydrogen-bond acceptors (Lipinski definition) is 5. The molecule has 0 bridgehead atoms. The van der Waals surface area contributed by atoms with Crippen molar-refractivity contribution in [2.45, 2.75) is 32.6 Å². The molecule has 0 spiro atoms. The summed E-state index contributed by atoms with van der Waals surface area (Å²) in [4.78, 5) is 4.88. The van der Waals surface area contributed by atoms with Crippen molar-refractivity contribution in [1.29, 1.82) is 0 Å². The van der Waals surface area contributed by atoms with Gasteiger partial charge in [-0.25, -0.2) is 13.4 Å². The highest BCUT2D eigenvalue weighted by Gasteiger charge is 2.21. The van der Waals surface area contributed by atoms with E-state index in [1.165, 1.54) is 4.31 Å². The van der Waals surface area contributed by atoms with Crippen molar-refractivity contribution in [3.8, 4) is 11.3 Å². The lowest BCUT2D eigenvalue weighted by Gasteiger charge is -2.18. The van der Waals surface area contributed by atoms with E-state index in [2.05, 4.69) is 24.1 Å². The number of hydrogen-bond donors (Lipinski definition) is 1. The zero-order valence-electron chi connectivity index (χ0n) is 14.6. The van der Waals surface area contributed by atoms with Crippen LogP contribution in [-0.4, -0.2) is 37.3 Å². The molecule has 0 aliphatic rings. The Morgan fingerprint density at radius 1 is 1.17 bits per heavy atom. The lowest BCUT2D eigenvalue weighted by Crippen LogP contribution is -2.30. The molecule has 1 aromatic heterocycles. The van der Waals surface area contributed by atoms with E-state index < -0.39 is 10.0 Å². The second-order valence-corrected chi connectivity index (χ2v) is 8.72. The molecule has 24 heavy (non-hydrogen) atoms. The molecule has 2 aromatic rings. The van der Waals surface area contributed by atoms with Gasteiger partial charge >= 0.3 is 0 Å². The molecule has 0 aliphatic carbocycles. The third-order valence-electron chi connectivity index (χ3n) is 3.66. The topological polar surface area (TPSA) is 62.3 Å².